The Balaban J connectivity index is 0.00000155. The summed E-state index contributed by atoms with van der Waals surface area (Å²) in [6.45, 7) is 6.25. The second kappa shape index (κ2) is 10.4. The molecular weight excluding hydrogens is 447 g/mol. The van der Waals surface area contributed by atoms with Crippen LogP contribution in [0.2, 0.25) is 10.0 Å². The summed E-state index contributed by atoms with van der Waals surface area (Å²) in [6.07, 6.45) is 0. The number of primary amides is 1. The number of hydrogen-bond acceptors (Lipinski definition) is 7. The minimum atomic E-state index is -0.638. The Labute approximate surface area is 188 Å². The van der Waals surface area contributed by atoms with E-state index in [2.05, 4.69) is 20.6 Å². The van der Waals surface area contributed by atoms with Gasteiger partial charge in [-0.3, -0.25) is 9.59 Å². The number of halogens is 2. The van der Waals surface area contributed by atoms with E-state index in [1.807, 2.05) is 13.8 Å². The van der Waals surface area contributed by atoms with Crippen molar-refractivity contribution in [2.75, 3.05) is 24.1 Å². The molecule has 0 saturated carbocycles. The third-order valence-corrected chi connectivity index (χ3v) is 5.64. The molecule has 0 saturated heterocycles. The predicted octanol–water partition coefficient (Wildman–Crippen LogP) is 3.92. The predicted molar refractivity (Wildman–Crippen MR) is 124 cm³/mol. The van der Waals surface area contributed by atoms with E-state index in [0.29, 0.717) is 50.6 Å². The Kier molecular flexibility index (Phi) is 8.22. The highest BCUT2D eigenvalue weighted by Crippen LogP contribution is 2.40. The monoisotopic (exact) mass is 468 g/mol. The summed E-state index contributed by atoms with van der Waals surface area (Å²) in [5, 5.41) is 6.99. The summed E-state index contributed by atoms with van der Waals surface area (Å²) in [7, 11) is 0. The van der Waals surface area contributed by atoms with Gasteiger partial charge in [-0.15, -0.1) is 11.3 Å². The maximum atomic E-state index is 11.7. The smallest absolute Gasteiger partial charge is 0.260 e. The fourth-order valence-corrected chi connectivity index (χ4v) is 3.79. The number of aromatic nitrogens is 2. The highest BCUT2D eigenvalue weighted by atomic mass is 35.5. The lowest BCUT2D eigenvalue weighted by Gasteiger charge is -2.10. The van der Waals surface area contributed by atoms with Gasteiger partial charge < -0.3 is 22.1 Å². The number of fused-ring (bicyclic) bond motifs is 1. The van der Waals surface area contributed by atoms with Crippen molar-refractivity contribution in [3.05, 3.63) is 33.1 Å². The van der Waals surface area contributed by atoms with E-state index < -0.39 is 5.91 Å². The lowest BCUT2D eigenvalue weighted by Crippen LogP contribution is -2.26. The molecular formula is C19H22Cl2N6O2S. The van der Waals surface area contributed by atoms with Gasteiger partial charge in [0.05, 0.1) is 26.8 Å². The van der Waals surface area contributed by atoms with E-state index in [4.69, 9.17) is 34.7 Å². The van der Waals surface area contributed by atoms with Crippen LogP contribution in [-0.4, -0.2) is 34.9 Å². The SMILES string of the molecule is CC.CC(=O)NCCNc1nc(-c2ccc(Cl)c(Cl)c2)c2c(N)c(C(N)=O)sc2n1. The maximum absolute atomic E-state index is 11.7. The third-order valence-electron chi connectivity index (χ3n) is 3.79. The van der Waals surface area contributed by atoms with Crippen molar-refractivity contribution in [1.29, 1.82) is 0 Å². The molecule has 6 N–H and O–H groups in total. The molecule has 0 atom stereocenters. The minimum Gasteiger partial charge on any atom is -0.397 e. The van der Waals surface area contributed by atoms with Gasteiger partial charge in [-0.05, 0) is 12.1 Å². The van der Waals surface area contributed by atoms with E-state index in [1.165, 1.54) is 6.92 Å². The van der Waals surface area contributed by atoms with Crippen LogP contribution >= 0.6 is 34.5 Å². The molecule has 2 heterocycles. The van der Waals surface area contributed by atoms with E-state index >= 15 is 0 Å². The van der Waals surface area contributed by atoms with Crippen molar-refractivity contribution in [2.45, 2.75) is 20.8 Å². The molecule has 0 aliphatic rings. The third kappa shape index (κ3) is 5.29. The highest BCUT2D eigenvalue weighted by molar-refractivity contribution is 7.21. The molecule has 0 bridgehead atoms. The lowest BCUT2D eigenvalue weighted by molar-refractivity contribution is -0.118. The first-order valence-corrected chi connectivity index (χ1v) is 10.7. The van der Waals surface area contributed by atoms with E-state index in [1.54, 1.807) is 18.2 Å². The second-order valence-electron chi connectivity index (χ2n) is 5.82. The number of anilines is 2. The van der Waals surface area contributed by atoms with Crippen molar-refractivity contribution in [1.82, 2.24) is 15.3 Å². The van der Waals surface area contributed by atoms with Crippen LogP contribution in [0.3, 0.4) is 0 Å². The zero-order chi connectivity index (χ0) is 22.4. The number of nitrogens with one attached hydrogen (secondary N) is 2. The molecule has 1 aromatic carbocycles. The van der Waals surface area contributed by atoms with Crippen molar-refractivity contribution in [3.63, 3.8) is 0 Å². The summed E-state index contributed by atoms with van der Waals surface area (Å²) >= 11 is 13.2. The summed E-state index contributed by atoms with van der Waals surface area (Å²) in [5.74, 6) is -0.455. The average molecular weight is 469 g/mol. The molecule has 11 heteroatoms. The fraction of sp³-hybridized carbons (Fsp3) is 0.263. The van der Waals surface area contributed by atoms with Crippen LogP contribution in [0, 0.1) is 0 Å². The topological polar surface area (TPSA) is 136 Å². The van der Waals surface area contributed by atoms with Gasteiger partial charge in [0, 0.05) is 25.6 Å². The summed E-state index contributed by atoms with van der Waals surface area (Å²) in [5.41, 5.74) is 13.0. The minimum absolute atomic E-state index is 0.133. The Morgan fingerprint density at radius 1 is 1.13 bits per heavy atom. The number of nitrogens with zero attached hydrogens (tertiary/aromatic N) is 2. The van der Waals surface area contributed by atoms with Gasteiger partial charge in [0.15, 0.2) is 0 Å². The summed E-state index contributed by atoms with van der Waals surface area (Å²) in [6, 6.07) is 5.06. The van der Waals surface area contributed by atoms with Crippen LogP contribution in [0.15, 0.2) is 18.2 Å². The quantitative estimate of drug-likeness (QED) is 0.404. The molecule has 0 spiro atoms. The van der Waals surface area contributed by atoms with Gasteiger partial charge in [-0.25, -0.2) is 9.97 Å². The summed E-state index contributed by atoms with van der Waals surface area (Å²) in [4.78, 5) is 32.4. The molecule has 0 radical (unpaired) electrons. The highest BCUT2D eigenvalue weighted by Gasteiger charge is 2.21. The number of amides is 2. The average Bonchev–Trinajstić information content (AvgIpc) is 3.05. The van der Waals surface area contributed by atoms with Crippen LogP contribution in [0.25, 0.3) is 21.5 Å². The molecule has 0 unspecified atom stereocenters. The van der Waals surface area contributed by atoms with E-state index in [-0.39, 0.29) is 16.5 Å². The van der Waals surface area contributed by atoms with Crippen LogP contribution in [0.5, 0.6) is 0 Å². The standard InChI is InChI=1S/C17H16Cl2N6O2S.C2H6/c1-7(26)22-4-5-23-17-24-13(8-2-3-9(18)10(19)6-8)11-12(20)14(15(21)27)28-16(11)25-17;1-2/h2-3,6H,4-5,20H2,1H3,(H2,21,27)(H,22,26)(H,23,24,25);1-2H3. The maximum Gasteiger partial charge on any atom is 0.260 e. The number of nitrogens with two attached hydrogens (primary N) is 2. The first-order valence-electron chi connectivity index (χ1n) is 9.11. The second-order valence-corrected chi connectivity index (χ2v) is 7.64. The van der Waals surface area contributed by atoms with Gasteiger partial charge in [-0.2, -0.15) is 0 Å². The van der Waals surface area contributed by atoms with Gasteiger partial charge >= 0.3 is 0 Å². The number of benzene rings is 1. The van der Waals surface area contributed by atoms with Crippen molar-refractivity contribution < 1.29 is 9.59 Å². The van der Waals surface area contributed by atoms with Gasteiger partial charge in [-0.1, -0.05) is 43.1 Å². The lowest BCUT2D eigenvalue weighted by atomic mass is 10.1. The fourth-order valence-electron chi connectivity index (χ4n) is 2.55. The first-order chi connectivity index (χ1) is 14.3. The normalized spacial score (nSPS) is 10.3. The van der Waals surface area contributed by atoms with Gasteiger partial charge in [0.1, 0.15) is 9.71 Å². The van der Waals surface area contributed by atoms with Crippen molar-refractivity contribution in [3.8, 4) is 11.3 Å². The molecule has 0 aliphatic carbocycles. The number of hydrogen-bond donors (Lipinski definition) is 4. The number of rotatable bonds is 6. The Bertz CT molecular complexity index is 1090. The molecule has 3 rings (SSSR count). The number of carbonyl (C=O) groups excluding carboxylic acids is 2. The molecule has 160 valence electrons. The number of carbonyl (C=O) groups is 2. The Hall–Kier alpha value is -2.62. The summed E-state index contributed by atoms with van der Waals surface area (Å²) < 4.78 is 0. The molecule has 2 amide bonds. The van der Waals surface area contributed by atoms with E-state index in [0.717, 1.165) is 11.3 Å². The van der Waals surface area contributed by atoms with E-state index in [9.17, 15) is 9.59 Å². The molecule has 30 heavy (non-hydrogen) atoms. The zero-order valence-electron chi connectivity index (χ0n) is 16.7. The van der Waals surface area contributed by atoms with Gasteiger partial charge in [0.25, 0.3) is 5.91 Å². The Morgan fingerprint density at radius 3 is 2.43 bits per heavy atom. The van der Waals surface area contributed by atoms with Crippen molar-refractivity contribution in [2.24, 2.45) is 5.73 Å². The van der Waals surface area contributed by atoms with Crippen LogP contribution in [0.1, 0.15) is 30.4 Å². The Morgan fingerprint density at radius 2 is 1.83 bits per heavy atom. The molecule has 0 fully saturated rings. The van der Waals surface area contributed by atoms with Crippen LogP contribution < -0.4 is 22.1 Å². The molecule has 3 aromatic rings. The number of nitrogen functional groups attached to an aromatic ring is 1. The first kappa shape index (κ1) is 23.7. The molecule has 8 nitrogen and oxygen atoms in total. The van der Waals surface area contributed by atoms with Crippen LogP contribution in [-0.2, 0) is 4.79 Å². The molecule has 2 aromatic heterocycles. The molecule has 0 aliphatic heterocycles. The van der Waals surface area contributed by atoms with Gasteiger partial charge in [0.2, 0.25) is 11.9 Å². The zero-order valence-corrected chi connectivity index (χ0v) is 19.0. The largest absolute Gasteiger partial charge is 0.397 e. The number of thiophene rings is 1. The van der Waals surface area contributed by atoms with Crippen molar-refractivity contribution >= 4 is 68.2 Å². The van der Waals surface area contributed by atoms with Crippen LogP contribution in [0.4, 0.5) is 11.6 Å².